The molecule has 5 heteroatoms. The van der Waals surface area contributed by atoms with Crippen molar-refractivity contribution >= 4 is 28.9 Å². The predicted molar refractivity (Wildman–Crippen MR) is 79.9 cm³/mol. The van der Waals surface area contributed by atoms with Gasteiger partial charge in [-0.1, -0.05) is 31.0 Å². The van der Waals surface area contributed by atoms with Gasteiger partial charge >= 0.3 is 0 Å². The molecule has 0 aliphatic heterocycles. The SMILES string of the molecule is CCCc1c(N)ncnc1Nc1ccc(C)cc1Cl. The van der Waals surface area contributed by atoms with Crippen LogP contribution in [-0.4, -0.2) is 9.97 Å². The van der Waals surface area contributed by atoms with Gasteiger partial charge in [0.05, 0.1) is 10.7 Å². The van der Waals surface area contributed by atoms with E-state index in [1.54, 1.807) is 0 Å². The van der Waals surface area contributed by atoms with Gasteiger partial charge in [0.25, 0.3) is 0 Å². The van der Waals surface area contributed by atoms with Gasteiger partial charge < -0.3 is 11.1 Å². The van der Waals surface area contributed by atoms with Crippen LogP contribution in [0.1, 0.15) is 24.5 Å². The van der Waals surface area contributed by atoms with Crippen molar-refractivity contribution in [2.24, 2.45) is 0 Å². The second-order valence-corrected chi connectivity index (χ2v) is 4.85. The fraction of sp³-hybridized carbons (Fsp3) is 0.286. The number of halogens is 1. The molecule has 0 bridgehead atoms. The molecule has 0 spiro atoms. The fourth-order valence-corrected chi connectivity index (χ4v) is 2.16. The van der Waals surface area contributed by atoms with Crippen molar-refractivity contribution < 1.29 is 0 Å². The first-order valence-corrected chi connectivity index (χ1v) is 6.62. The van der Waals surface area contributed by atoms with Gasteiger partial charge in [0.2, 0.25) is 0 Å². The number of nitrogens with zero attached hydrogens (tertiary/aromatic N) is 2. The van der Waals surface area contributed by atoms with Crippen LogP contribution in [0, 0.1) is 6.92 Å². The molecule has 0 unspecified atom stereocenters. The Labute approximate surface area is 118 Å². The van der Waals surface area contributed by atoms with Crippen LogP contribution in [0.15, 0.2) is 24.5 Å². The average molecular weight is 277 g/mol. The highest BCUT2D eigenvalue weighted by Gasteiger charge is 2.10. The third-order valence-electron chi connectivity index (χ3n) is 2.86. The van der Waals surface area contributed by atoms with Gasteiger partial charge in [-0.05, 0) is 31.0 Å². The maximum Gasteiger partial charge on any atom is 0.139 e. The molecule has 4 nitrogen and oxygen atoms in total. The van der Waals surface area contributed by atoms with E-state index in [0.29, 0.717) is 10.8 Å². The molecule has 0 fully saturated rings. The topological polar surface area (TPSA) is 63.8 Å². The molecule has 100 valence electrons. The molecule has 2 aromatic rings. The molecule has 0 amide bonds. The second-order valence-electron chi connectivity index (χ2n) is 4.44. The lowest BCUT2D eigenvalue weighted by atomic mass is 10.1. The minimum atomic E-state index is 0.516. The number of aromatic nitrogens is 2. The van der Waals surface area contributed by atoms with Crippen molar-refractivity contribution in [2.75, 3.05) is 11.1 Å². The Morgan fingerprint density at radius 2 is 2.11 bits per heavy atom. The molecule has 2 rings (SSSR count). The smallest absolute Gasteiger partial charge is 0.139 e. The van der Waals surface area contributed by atoms with E-state index in [2.05, 4.69) is 22.2 Å². The summed E-state index contributed by atoms with van der Waals surface area (Å²) in [5.41, 5.74) is 8.77. The third kappa shape index (κ3) is 3.15. The van der Waals surface area contributed by atoms with Crippen LogP contribution >= 0.6 is 11.6 Å². The quantitative estimate of drug-likeness (QED) is 0.893. The van der Waals surface area contributed by atoms with Crippen LogP contribution < -0.4 is 11.1 Å². The lowest BCUT2D eigenvalue weighted by molar-refractivity contribution is 0.908. The molecule has 0 saturated carbocycles. The molecule has 19 heavy (non-hydrogen) atoms. The van der Waals surface area contributed by atoms with Crippen LogP contribution in [0.5, 0.6) is 0 Å². The van der Waals surface area contributed by atoms with Crippen molar-refractivity contribution in [3.05, 3.63) is 40.7 Å². The van der Waals surface area contributed by atoms with Crippen molar-refractivity contribution in [3.63, 3.8) is 0 Å². The average Bonchev–Trinajstić information content (AvgIpc) is 2.37. The Balaban J connectivity index is 2.35. The van der Waals surface area contributed by atoms with Crippen LogP contribution in [0.4, 0.5) is 17.3 Å². The van der Waals surface area contributed by atoms with Gasteiger partial charge in [-0.15, -0.1) is 0 Å². The summed E-state index contributed by atoms with van der Waals surface area (Å²) in [4.78, 5) is 8.29. The molecular weight excluding hydrogens is 260 g/mol. The summed E-state index contributed by atoms with van der Waals surface area (Å²) in [5, 5.41) is 3.90. The first-order valence-electron chi connectivity index (χ1n) is 6.24. The first kappa shape index (κ1) is 13.6. The molecule has 1 aromatic carbocycles. The van der Waals surface area contributed by atoms with Crippen molar-refractivity contribution in [2.45, 2.75) is 26.7 Å². The monoisotopic (exact) mass is 276 g/mol. The molecule has 0 radical (unpaired) electrons. The van der Waals surface area contributed by atoms with Crippen LogP contribution in [0.25, 0.3) is 0 Å². The molecular formula is C14H17ClN4. The molecule has 1 heterocycles. The Morgan fingerprint density at radius 1 is 1.32 bits per heavy atom. The van der Waals surface area contributed by atoms with Crippen LogP contribution in [0.3, 0.4) is 0 Å². The number of hydrogen-bond acceptors (Lipinski definition) is 4. The van der Waals surface area contributed by atoms with Crippen molar-refractivity contribution in [1.29, 1.82) is 0 Å². The Kier molecular flexibility index (Phi) is 4.22. The van der Waals surface area contributed by atoms with E-state index < -0.39 is 0 Å². The van der Waals surface area contributed by atoms with Crippen molar-refractivity contribution in [3.8, 4) is 0 Å². The summed E-state index contributed by atoms with van der Waals surface area (Å²) in [7, 11) is 0. The largest absolute Gasteiger partial charge is 0.383 e. The van der Waals surface area contributed by atoms with Gasteiger partial charge in [-0.25, -0.2) is 9.97 Å². The summed E-state index contributed by atoms with van der Waals surface area (Å²) >= 11 is 6.21. The number of nitrogen functional groups attached to an aromatic ring is 1. The lowest BCUT2D eigenvalue weighted by Crippen LogP contribution is -2.05. The Bertz CT molecular complexity index is 584. The van der Waals surface area contributed by atoms with E-state index in [1.165, 1.54) is 6.33 Å². The summed E-state index contributed by atoms with van der Waals surface area (Å²) in [6.45, 7) is 4.09. The van der Waals surface area contributed by atoms with E-state index in [0.717, 1.165) is 35.5 Å². The highest BCUT2D eigenvalue weighted by molar-refractivity contribution is 6.33. The Hall–Kier alpha value is -1.81. The number of hydrogen-bond donors (Lipinski definition) is 2. The fourth-order valence-electron chi connectivity index (χ4n) is 1.88. The van der Waals surface area contributed by atoms with Gasteiger partial charge in [-0.2, -0.15) is 0 Å². The van der Waals surface area contributed by atoms with E-state index >= 15 is 0 Å². The number of nitrogens with one attached hydrogen (secondary N) is 1. The zero-order chi connectivity index (χ0) is 13.8. The normalized spacial score (nSPS) is 10.5. The number of nitrogens with two attached hydrogens (primary N) is 1. The van der Waals surface area contributed by atoms with E-state index in [-0.39, 0.29) is 0 Å². The highest BCUT2D eigenvalue weighted by Crippen LogP contribution is 2.28. The van der Waals surface area contributed by atoms with Crippen LogP contribution in [0.2, 0.25) is 5.02 Å². The zero-order valence-corrected chi connectivity index (χ0v) is 11.8. The van der Waals surface area contributed by atoms with Gasteiger partial charge in [-0.3, -0.25) is 0 Å². The summed E-state index contributed by atoms with van der Waals surface area (Å²) < 4.78 is 0. The van der Waals surface area contributed by atoms with Gasteiger partial charge in [0, 0.05) is 5.56 Å². The molecule has 0 saturated heterocycles. The zero-order valence-electron chi connectivity index (χ0n) is 11.1. The maximum atomic E-state index is 6.21. The van der Waals surface area contributed by atoms with Gasteiger partial charge in [0.1, 0.15) is 18.0 Å². The highest BCUT2D eigenvalue weighted by atomic mass is 35.5. The standard InChI is InChI=1S/C14H17ClN4/c1-3-4-10-13(16)17-8-18-14(10)19-12-6-5-9(2)7-11(12)15/h5-8H,3-4H2,1-2H3,(H3,16,17,18,19). The maximum absolute atomic E-state index is 6.21. The van der Waals surface area contributed by atoms with Crippen molar-refractivity contribution in [1.82, 2.24) is 9.97 Å². The second kappa shape index (κ2) is 5.89. The van der Waals surface area contributed by atoms with E-state index in [9.17, 15) is 0 Å². The summed E-state index contributed by atoms with van der Waals surface area (Å²) in [6, 6.07) is 5.85. The lowest BCUT2D eigenvalue weighted by Gasteiger charge is -2.13. The van der Waals surface area contributed by atoms with E-state index in [1.807, 2.05) is 25.1 Å². The molecule has 1 aromatic heterocycles. The minimum absolute atomic E-state index is 0.516. The van der Waals surface area contributed by atoms with Gasteiger partial charge in [0.15, 0.2) is 0 Å². The number of rotatable bonds is 4. The first-order chi connectivity index (χ1) is 9.11. The third-order valence-corrected chi connectivity index (χ3v) is 3.17. The molecule has 0 atom stereocenters. The number of aryl methyl sites for hydroxylation is 1. The summed E-state index contributed by atoms with van der Waals surface area (Å²) in [5.74, 6) is 1.24. The summed E-state index contributed by atoms with van der Waals surface area (Å²) in [6.07, 6.45) is 3.27. The van der Waals surface area contributed by atoms with Crippen LogP contribution in [-0.2, 0) is 6.42 Å². The van der Waals surface area contributed by atoms with E-state index in [4.69, 9.17) is 17.3 Å². The number of benzene rings is 1. The minimum Gasteiger partial charge on any atom is -0.383 e. The Morgan fingerprint density at radius 3 is 2.79 bits per heavy atom. The number of anilines is 3. The molecule has 3 N–H and O–H groups in total. The molecule has 0 aliphatic rings. The molecule has 0 aliphatic carbocycles. The predicted octanol–water partition coefficient (Wildman–Crippen LogP) is 3.72.